The second kappa shape index (κ2) is 3.98. The molecule has 0 heterocycles. The molecule has 0 saturated carbocycles. The van der Waals surface area contributed by atoms with E-state index in [1.54, 1.807) is 0 Å². The van der Waals surface area contributed by atoms with E-state index in [4.69, 9.17) is 10.00 Å². The molecule has 1 unspecified atom stereocenters. The molecule has 1 atom stereocenters. The van der Waals surface area contributed by atoms with E-state index in [1.807, 2.05) is 0 Å². The van der Waals surface area contributed by atoms with E-state index < -0.39 is 14.2 Å². The van der Waals surface area contributed by atoms with Crippen molar-refractivity contribution in [3.05, 3.63) is 29.8 Å². The molecule has 1 rings (SSSR count). The number of hydrogen-bond donors (Lipinski definition) is 2. The molecular formula is C7H6O5P+. The number of rotatable bonds is 3. The van der Waals surface area contributed by atoms with E-state index in [-0.39, 0.29) is 11.3 Å². The van der Waals surface area contributed by atoms with Crippen molar-refractivity contribution >= 4 is 14.2 Å². The molecule has 0 aliphatic carbocycles. The Morgan fingerprint density at radius 1 is 1.46 bits per heavy atom. The molecule has 0 aromatic heterocycles. The van der Waals surface area contributed by atoms with Gasteiger partial charge in [-0.15, -0.1) is 4.89 Å². The maximum absolute atomic E-state index is 10.4. The molecule has 68 valence electrons. The normalized spacial score (nSPS) is 10.7. The van der Waals surface area contributed by atoms with Crippen LogP contribution in [-0.4, -0.2) is 16.0 Å². The first-order valence-electron chi connectivity index (χ1n) is 3.27. The van der Waals surface area contributed by atoms with Gasteiger partial charge in [0, 0.05) is 10.6 Å². The van der Waals surface area contributed by atoms with Gasteiger partial charge in [-0.3, -0.25) is 0 Å². The first kappa shape index (κ1) is 9.64. The fourth-order valence-corrected chi connectivity index (χ4v) is 1.07. The Bertz CT molecular complexity index is 348. The van der Waals surface area contributed by atoms with E-state index in [0.717, 1.165) is 0 Å². The Balaban J connectivity index is 2.91. The van der Waals surface area contributed by atoms with Crippen LogP contribution in [0.25, 0.3) is 0 Å². The average Bonchev–Trinajstić information content (AvgIpc) is 2.03. The average molecular weight is 201 g/mol. The lowest BCUT2D eigenvalue weighted by Crippen LogP contribution is -1.95. The summed E-state index contributed by atoms with van der Waals surface area (Å²) in [6.45, 7) is 0. The summed E-state index contributed by atoms with van der Waals surface area (Å²) >= 11 is 0. The Labute approximate surface area is 74.5 Å². The minimum absolute atomic E-state index is 0.00866. The van der Waals surface area contributed by atoms with Gasteiger partial charge in [-0.05, 0) is 12.1 Å². The van der Waals surface area contributed by atoms with E-state index in [2.05, 4.69) is 4.52 Å². The van der Waals surface area contributed by atoms with E-state index >= 15 is 0 Å². The van der Waals surface area contributed by atoms with Crippen LogP contribution in [0.3, 0.4) is 0 Å². The molecule has 0 spiro atoms. The van der Waals surface area contributed by atoms with Crippen LogP contribution in [-0.2, 0) is 4.57 Å². The minimum Gasteiger partial charge on any atom is -0.478 e. The van der Waals surface area contributed by atoms with Crippen LogP contribution >= 0.6 is 8.25 Å². The molecule has 0 fully saturated rings. The number of hydrogen-bond acceptors (Lipinski definition) is 3. The van der Waals surface area contributed by atoms with Crippen LogP contribution in [0.1, 0.15) is 10.4 Å². The summed E-state index contributed by atoms with van der Waals surface area (Å²) in [4.78, 5) is 18.8. The highest BCUT2D eigenvalue weighted by molar-refractivity contribution is 7.32. The summed E-state index contributed by atoms with van der Waals surface area (Å²) in [5.41, 5.74) is 0.00866. The smallest absolute Gasteiger partial charge is 0.478 e. The van der Waals surface area contributed by atoms with Gasteiger partial charge in [0.2, 0.25) is 0 Å². The summed E-state index contributed by atoms with van der Waals surface area (Å²) in [5.74, 6) is -1.05. The van der Waals surface area contributed by atoms with Crippen molar-refractivity contribution in [3.63, 3.8) is 0 Å². The Hall–Kier alpha value is -1.45. The summed E-state index contributed by atoms with van der Waals surface area (Å²) in [7, 11) is -2.75. The van der Waals surface area contributed by atoms with Gasteiger partial charge in [-0.2, -0.15) is 0 Å². The van der Waals surface area contributed by atoms with Crippen molar-refractivity contribution in [2.24, 2.45) is 0 Å². The second-order valence-electron chi connectivity index (χ2n) is 2.16. The summed E-state index contributed by atoms with van der Waals surface area (Å²) in [6, 6.07) is 5.36. The number of benzene rings is 1. The van der Waals surface area contributed by atoms with Crippen LogP contribution in [0.15, 0.2) is 24.3 Å². The van der Waals surface area contributed by atoms with Gasteiger partial charge in [0.1, 0.15) is 0 Å². The molecule has 0 aliphatic rings. The van der Waals surface area contributed by atoms with Crippen molar-refractivity contribution in [2.45, 2.75) is 0 Å². The van der Waals surface area contributed by atoms with Gasteiger partial charge in [0.25, 0.3) is 0 Å². The number of aromatic carboxylic acids is 1. The third kappa shape index (κ3) is 2.82. The molecule has 0 saturated heterocycles. The van der Waals surface area contributed by atoms with Crippen molar-refractivity contribution in [2.75, 3.05) is 0 Å². The largest absolute Gasteiger partial charge is 0.747 e. The topological polar surface area (TPSA) is 83.8 Å². The monoisotopic (exact) mass is 201 g/mol. The first-order chi connectivity index (χ1) is 6.09. The summed E-state index contributed by atoms with van der Waals surface area (Å²) in [6.07, 6.45) is 0. The first-order valence-corrected chi connectivity index (χ1v) is 4.40. The van der Waals surface area contributed by atoms with Gasteiger partial charge >= 0.3 is 14.2 Å². The zero-order chi connectivity index (χ0) is 9.84. The van der Waals surface area contributed by atoms with E-state index in [9.17, 15) is 9.36 Å². The lowest BCUT2D eigenvalue weighted by molar-refractivity contribution is 0.0696. The maximum atomic E-state index is 10.4. The van der Waals surface area contributed by atoms with Crippen LogP contribution in [0.5, 0.6) is 5.75 Å². The molecule has 13 heavy (non-hydrogen) atoms. The minimum atomic E-state index is -2.75. The molecule has 0 radical (unpaired) electrons. The molecule has 1 aromatic rings. The highest BCUT2D eigenvalue weighted by atomic mass is 31.1. The standard InChI is InChI=1S/C7H5O5P/c8-7(9)5-2-1-3-6(4-5)12-13(10)11/h1-4H,(H-,8,9,10,11)/p+1. The third-order valence-corrected chi connectivity index (χ3v) is 1.63. The molecular weight excluding hydrogens is 195 g/mol. The summed E-state index contributed by atoms with van der Waals surface area (Å²) in [5, 5.41) is 8.55. The third-order valence-electron chi connectivity index (χ3n) is 1.26. The SMILES string of the molecule is O=C(O)c1cccc(O[P+](=O)O)c1. The van der Waals surface area contributed by atoms with Crippen molar-refractivity contribution < 1.29 is 23.9 Å². The molecule has 0 amide bonds. The molecule has 2 N–H and O–H groups in total. The number of carboxylic acid groups (broad SMARTS) is 1. The highest BCUT2D eigenvalue weighted by Crippen LogP contribution is 2.23. The Kier molecular flexibility index (Phi) is 2.95. The van der Waals surface area contributed by atoms with Gasteiger partial charge in [-0.25, -0.2) is 9.32 Å². The quantitative estimate of drug-likeness (QED) is 0.722. The van der Waals surface area contributed by atoms with Crippen LogP contribution in [0.2, 0.25) is 0 Å². The van der Waals surface area contributed by atoms with Crippen molar-refractivity contribution in [3.8, 4) is 5.75 Å². The van der Waals surface area contributed by atoms with Crippen molar-refractivity contribution in [1.82, 2.24) is 0 Å². The Morgan fingerprint density at radius 2 is 2.15 bits per heavy atom. The predicted octanol–water partition coefficient (Wildman–Crippen LogP) is 1.41. The van der Waals surface area contributed by atoms with E-state index in [1.165, 1.54) is 24.3 Å². The molecule has 1 aromatic carbocycles. The fourth-order valence-electron chi connectivity index (χ4n) is 0.776. The fraction of sp³-hybridized carbons (Fsp3) is 0. The summed E-state index contributed by atoms with van der Waals surface area (Å²) < 4.78 is 14.6. The second-order valence-corrected chi connectivity index (χ2v) is 2.82. The van der Waals surface area contributed by atoms with Gasteiger partial charge in [0.15, 0.2) is 5.75 Å². The lowest BCUT2D eigenvalue weighted by atomic mass is 10.2. The van der Waals surface area contributed by atoms with Gasteiger partial charge < -0.3 is 5.11 Å². The van der Waals surface area contributed by atoms with Crippen molar-refractivity contribution in [1.29, 1.82) is 0 Å². The Morgan fingerprint density at radius 3 is 2.69 bits per heavy atom. The number of carboxylic acids is 1. The molecule has 6 heteroatoms. The maximum Gasteiger partial charge on any atom is 0.747 e. The van der Waals surface area contributed by atoms with Crippen LogP contribution < -0.4 is 4.52 Å². The van der Waals surface area contributed by atoms with E-state index in [0.29, 0.717) is 0 Å². The molecule has 5 nitrogen and oxygen atoms in total. The molecule has 0 bridgehead atoms. The zero-order valence-corrected chi connectivity index (χ0v) is 7.27. The highest BCUT2D eigenvalue weighted by Gasteiger charge is 2.15. The van der Waals surface area contributed by atoms with Gasteiger partial charge in [0.05, 0.1) is 5.56 Å². The molecule has 0 aliphatic heterocycles. The predicted molar refractivity (Wildman–Crippen MR) is 43.9 cm³/mol. The van der Waals surface area contributed by atoms with Gasteiger partial charge in [-0.1, -0.05) is 6.07 Å². The van der Waals surface area contributed by atoms with Crippen LogP contribution in [0.4, 0.5) is 0 Å². The lowest BCUT2D eigenvalue weighted by Gasteiger charge is -1.93. The zero-order valence-electron chi connectivity index (χ0n) is 6.38. The van der Waals surface area contributed by atoms with Crippen LogP contribution in [0, 0.1) is 0 Å². The number of carbonyl (C=O) groups is 1.